The molecule has 1 aliphatic rings. The monoisotopic (exact) mass is 319 g/mol. The Morgan fingerprint density at radius 3 is 3.00 bits per heavy atom. The molecule has 5 nitrogen and oxygen atoms in total. The van der Waals surface area contributed by atoms with Gasteiger partial charge in [-0.25, -0.2) is 12.7 Å². The van der Waals surface area contributed by atoms with Gasteiger partial charge in [0, 0.05) is 13.1 Å². The summed E-state index contributed by atoms with van der Waals surface area (Å²) in [6, 6.07) is 1.84. The van der Waals surface area contributed by atoms with Crippen LogP contribution in [0.1, 0.15) is 30.2 Å². The van der Waals surface area contributed by atoms with Crippen molar-refractivity contribution in [3.8, 4) is 5.75 Å². The molecule has 2 heterocycles. The van der Waals surface area contributed by atoms with Gasteiger partial charge in [0.2, 0.25) is 10.0 Å². The molecular formula is C13H21NO4S2. The van der Waals surface area contributed by atoms with E-state index in [-0.39, 0.29) is 5.92 Å². The van der Waals surface area contributed by atoms with E-state index in [1.807, 2.05) is 11.4 Å². The van der Waals surface area contributed by atoms with E-state index in [0.29, 0.717) is 25.3 Å². The van der Waals surface area contributed by atoms with E-state index < -0.39 is 16.1 Å². The summed E-state index contributed by atoms with van der Waals surface area (Å²) in [7, 11) is -1.54. The standard InChI is InChI=1S/C13H21NO4S2/c1-18-12-5-7-19-13(12)11(15)8-10-4-3-6-14(9-10)20(2,16)17/h5,7,10-11,15H,3-4,6,8-9H2,1-2H3. The maximum absolute atomic E-state index is 11.6. The second kappa shape index (κ2) is 6.43. The average Bonchev–Trinajstić information content (AvgIpc) is 2.86. The van der Waals surface area contributed by atoms with Crippen molar-refractivity contribution in [2.75, 3.05) is 26.5 Å². The van der Waals surface area contributed by atoms with Gasteiger partial charge in [-0.3, -0.25) is 0 Å². The number of aliphatic hydroxyl groups is 1. The van der Waals surface area contributed by atoms with Crippen LogP contribution < -0.4 is 4.74 Å². The SMILES string of the molecule is COc1ccsc1C(O)CC1CCCN(S(C)(=O)=O)C1. The number of aliphatic hydroxyl groups excluding tert-OH is 1. The van der Waals surface area contributed by atoms with Gasteiger partial charge < -0.3 is 9.84 Å². The molecule has 7 heteroatoms. The molecule has 114 valence electrons. The molecule has 1 aliphatic heterocycles. The van der Waals surface area contributed by atoms with Gasteiger partial charge in [0.05, 0.1) is 24.3 Å². The Hall–Kier alpha value is -0.630. The van der Waals surface area contributed by atoms with Crippen LogP contribution in [0.5, 0.6) is 5.75 Å². The molecule has 1 aromatic rings. The number of nitrogens with zero attached hydrogens (tertiary/aromatic N) is 1. The Balaban J connectivity index is 1.99. The zero-order valence-electron chi connectivity index (χ0n) is 11.8. The van der Waals surface area contributed by atoms with Gasteiger partial charge in [0.15, 0.2) is 0 Å². The minimum atomic E-state index is -3.13. The van der Waals surface area contributed by atoms with Crippen LogP contribution in [-0.2, 0) is 10.0 Å². The van der Waals surface area contributed by atoms with Gasteiger partial charge in [-0.1, -0.05) is 0 Å². The molecule has 0 spiro atoms. The van der Waals surface area contributed by atoms with Crippen molar-refractivity contribution in [2.45, 2.75) is 25.4 Å². The van der Waals surface area contributed by atoms with Gasteiger partial charge in [0.25, 0.3) is 0 Å². The van der Waals surface area contributed by atoms with Crippen LogP contribution in [0.4, 0.5) is 0 Å². The lowest BCUT2D eigenvalue weighted by Gasteiger charge is -2.31. The molecule has 1 aromatic heterocycles. The summed E-state index contributed by atoms with van der Waals surface area (Å²) in [5.74, 6) is 0.901. The average molecular weight is 319 g/mol. The molecule has 1 fully saturated rings. The Morgan fingerprint density at radius 1 is 1.60 bits per heavy atom. The normalized spacial score (nSPS) is 22.6. The van der Waals surface area contributed by atoms with Crippen LogP contribution in [0.3, 0.4) is 0 Å². The zero-order valence-corrected chi connectivity index (χ0v) is 13.4. The lowest BCUT2D eigenvalue weighted by molar-refractivity contribution is 0.123. The van der Waals surface area contributed by atoms with E-state index in [2.05, 4.69) is 0 Å². The van der Waals surface area contributed by atoms with Crippen molar-refractivity contribution >= 4 is 21.4 Å². The summed E-state index contributed by atoms with van der Waals surface area (Å²) in [6.07, 6.45) is 3.04. The molecule has 2 rings (SSSR count). The summed E-state index contributed by atoms with van der Waals surface area (Å²) in [5, 5.41) is 12.2. The van der Waals surface area contributed by atoms with Crippen LogP contribution >= 0.6 is 11.3 Å². The highest BCUT2D eigenvalue weighted by atomic mass is 32.2. The number of piperidine rings is 1. The fraction of sp³-hybridized carbons (Fsp3) is 0.692. The van der Waals surface area contributed by atoms with E-state index in [9.17, 15) is 13.5 Å². The molecule has 2 atom stereocenters. The molecule has 0 aliphatic carbocycles. The molecule has 0 amide bonds. The first kappa shape index (κ1) is 15.8. The summed E-state index contributed by atoms with van der Waals surface area (Å²) in [5.41, 5.74) is 0. The molecule has 2 unspecified atom stereocenters. The number of thiophene rings is 1. The van der Waals surface area contributed by atoms with E-state index in [1.165, 1.54) is 21.9 Å². The van der Waals surface area contributed by atoms with Crippen LogP contribution in [0.2, 0.25) is 0 Å². The second-order valence-corrected chi connectivity index (χ2v) is 8.16. The third kappa shape index (κ3) is 3.72. The van der Waals surface area contributed by atoms with Gasteiger partial charge in [-0.15, -0.1) is 11.3 Å². The van der Waals surface area contributed by atoms with Crippen molar-refractivity contribution in [2.24, 2.45) is 5.92 Å². The lowest BCUT2D eigenvalue weighted by atomic mass is 9.93. The van der Waals surface area contributed by atoms with Crippen LogP contribution in [-0.4, -0.2) is 44.3 Å². The maximum atomic E-state index is 11.6. The van der Waals surface area contributed by atoms with Gasteiger partial charge in [-0.05, 0) is 36.6 Å². The van der Waals surface area contributed by atoms with Gasteiger partial charge >= 0.3 is 0 Å². The fourth-order valence-electron chi connectivity index (χ4n) is 2.66. The van der Waals surface area contributed by atoms with Crippen molar-refractivity contribution < 1.29 is 18.3 Å². The summed E-state index contributed by atoms with van der Waals surface area (Å²) < 4.78 is 29.9. The zero-order chi connectivity index (χ0) is 14.8. The van der Waals surface area contributed by atoms with Crippen molar-refractivity contribution in [3.63, 3.8) is 0 Å². The topological polar surface area (TPSA) is 66.8 Å². The minimum Gasteiger partial charge on any atom is -0.495 e. The number of methoxy groups -OCH3 is 1. The van der Waals surface area contributed by atoms with Gasteiger partial charge in [-0.2, -0.15) is 0 Å². The number of sulfonamides is 1. The van der Waals surface area contributed by atoms with Crippen molar-refractivity contribution in [1.82, 2.24) is 4.31 Å². The number of ether oxygens (including phenoxy) is 1. The van der Waals surface area contributed by atoms with Crippen molar-refractivity contribution in [3.05, 3.63) is 16.3 Å². The quantitative estimate of drug-likeness (QED) is 0.899. The maximum Gasteiger partial charge on any atom is 0.211 e. The predicted molar refractivity (Wildman–Crippen MR) is 79.6 cm³/mol. The van der Waals surface area contributed by atoms with Crippen LogP contribution in [0, 0.1) is 5.92 Å². The Bertz CT molecular complexity index is 540. The number of hydrogen-bond acceptors (Lipinski definition) is 5. The molecule has 1 N–H and O–H groups in total. The van der Waals surface area contributed by atoms with Crippen LogP contribution in [0.25, 0.3) is 0 Å². The summed E-state index contributed by atoms with van der Waals surface area (Å²) >= 11 is 1.47. The highest BCUT2D eigenvalue weighted by Gasteiger charge is 2.28. The highest BCUT2D eigenvalue weighted by molar-refractivity contribution is 7.88. The molecule has 1 saturated heterocycles. The highest BCUT2D eigenvalue weighted by Crippen LogP contribution is 2.36. The lowest BCUT2D eigenvalue weighted by Crippen LogP contribution is -2.39. The summed E-state index contributed by atoms with van der Waals surface area (Å²) in [6.45, 7) is 1.09. The van der Waals surface area contributed by atoms with E-state index in [0.717, 1.165) is 17.7 Å². The minimum absolute atomic E-state index is 0.195. The van der Waals surface area contributed by atoms with Gasteiger partial charge in [0.1, 0.15) is 5.75 Å². The third-order valence-electron chi connectivity index (χ3n) is 3.69. The van der Waals surface area contributed by atoms with Crippen molar-refractivity contribution in [1.29, 1.82) is 0 Å². The Kier molecular flexibility index (Phi) is 5.06. The first-order valence-electron chi connectivity index (χ1n) is 6.66. The molecule has 0 aromatic carbocycles. The molecule has 0 saturated carbocycles. The molecule has 0 bridgehead atoms. The third-order valence-corrected chi connectivity index (χ3v) is 5.96. The predicted octanol–water partition coefficient (Wildman–Crippen LogP) is 1.85. The number of hydrogen-bond donors (Lipinski definition) is 1. The first-order valence-corrected chi connectivity index (χ1v) is 9.39. The smallest absolute Gasteiger partial charge is 0.211 e. The Labute approximate surface area is 124 Å². The summed E-state index contributed by atoms with van der Waals surface area (Å²) in [4.78, 5) is 0.823. The first-order chi connectivity index (χ1) is 9.41. The van der Waals surface area contributed by atoms with E-state index in [4.69, 9.17) is 4.74 Å². The molecule has 0 radical (unpaired) electrons. The molecule has 20 heavy (non-hydrogen) atoms. The largest absolute Gasteiger partial charge is 0.495 e. The second-order valence-electron chi connectivity index (χ2n) is 5.23. The molecular weight excluding hydrogens is 298 g/mol. The van der Waals surface area contributed by atoms with E-state index >= 15 is 0 Å². The Morgan fingerprint density at radius 2 is 2.35 bits per heavy atom. The number of rotatable bonds is 5. The van der Waals surface area contributed by atoms with Crippen LogP contribution in [0.15, 0.2) is 11.4 Å². The van der Waals surface area contributed by atoms with E-state index in [1.54, 1.807) is 7.11 Å². The fourth-order valence-corrected chi connectivity index (χ4v) is 4.47.